The van der Waals surface area contributed by atoms with Crippen molar-refractivity contribution in [2.24, 2.45) is 0 Å². The number of hydrogen-bond acceptors (Lipinski definition) is 5. The molecule has 2 aromatic rings. The number of amides is 1. The Morgan fingerprint density at radius 1 is 1.13 bits per heavy atom. The largest absolute Gasteiger partial charge is 0.481 e. The number of benzene rings is 1. The number of ether oxygens (including phenoxy) is 1. The maximum atomic E-state index is 12.9. The molecule has 1 aliphatic carbocycles. The molecule has 0 aliphatic heterocycles. The van der Waals surface area contributed by atoms with E-state index in [4.69, 9.17) is 9.84 Å². The Labute approximate surface area is 187 Å². The van der Waals surface area contributed by atoms with Crippen LogP contribution in [0.1, 0.15) is 67.8 Å². The van der Waals surface area contributed by atoms with Crippen molar-refractivity contribution in [3.8, 4) is 11.6 Å². The minimum atomic E-state index is -0.811. The van der Waals surface area contributed by atoms with E-state index in [1.165, 1.54) is 19.3 Å². The standard InChI is InChI=1S/C24H30N2O4S/c1-2-16-31-24-20(23(29)25-18-6-4-3-5-7-18)13-14-21(26-24)30-19-11-8-17(9-12-19)10-15-22(27)28/h8-9,11-14,18H,2-7,10,15-16H2,1H3,(H,25,29)(H,27,28). The van der Waals surface area contributed by atoms with Gasteiger partial charge in [-0.1, -0.05) is 38.3 Å². The number of rotatable bonds is 10. The van der Waals surface area contributed by atoms with Gasteiger partial charge in [0.1, 0.15) is 10.8 Å². The molecule has 0 radical (unpaired) electrons. The van der Waals surface area contributed by atoms with Crippen molar-refractivity contribution in [1.82, 2.24) is 10.3 Å². The average Bonchev–Trinajstić information content (AvgIpc) is 2.78. The van der Waals surface area contributed by atoms with Crippen LogP contribution in [-0.2, 0) is 11.2 Å². The molecule has 7 heteroatoms. The topological polar surface area (TPSA) is 88.5 Å². The predicted octanol–water partition coefficient (Wildman–Crippen LogP) is 5.46. The minimum absolute atomic E-state index is 0.0627. The highest BCUT2D eigenvalue weighted by Gasteiger charge is 2.20. The van der Waals surface area contributed by atoms with E-state index in [9.17, 15) is 9.59 Å². The molecule has 1 aliphatic rings. The Kier molecular flexibility index (Phi) is 8.76. The number of nitrogens with one attached hydrogen (secondary N) is 1. The lowest BCUT2D eigenvalue weighted by atomic mass is 9.95. The normalized spacial score (nSPS) is 14.2. The lowest BCUT2D eigenvalue weighted by Gasteiger charge is -2.23. The first kappa shape index (κ1) is 23.1. The molecule has 0 atom stereocenters. The molecular weight excluding hydrogens is 412 g/mol. The second-order valence-electron chi connectivity index (χ2n) is 7.80. The first-order valence-electron chi connectivity index (χ1n) is 11.0. The number of carbonyl (C=O) groups is 2. The van der Waals surface area contributed by atoms with Gasteiger partial charge in [-0.15, -0.1) is 11.8 Å². The molecule has 3 rings (SSSR count). The number of carboxylic acids is 1. The van der Waals surface area contributed by atoms with Crippen molar-refractivity contribution in [3.05, 3.63) is 47.5 Å². The Morgan fingerprint density at radius 3 is 2.55 bits per heavy atom. The minimum Gasteiger partial charge on any atom is -0.481 e. The summed E-state index contributed by atoms with van der Waals surface area (Å²) in [6.07, 6.45) is 7.24. The van der Waals surface area contributed by atoms with E-state index in [0.717, 1.165) is 30.6 Å². The van der Waals surface area contributed by atoms with Crippen molar-refractivity contribution in [2.45, 2.75) is 69.4 Å². The highest BCUT2D eigenvalue weighted by molar-refractivity contribution is 7.99. The molecular formula is C24H30N2O4S. The fourth-order valence-corrected chi connectivity index (χ4v) is 4.44. The van der Waals surface area contributed by atoms with E-state index in [2.05, 4.69) is 17.2 Å². The van der Waals surface area contributed by atoms with Crippen LogP contribution in [0, 0.1) is 0 Å². The fourth-order valence-electron chi connectivity index (χ4n) is 3.57. The number of carboxylic acid groups (broad SMARTS) is 1. The van der Waals surface area contributed by atoms with Crippen molar-refractivity contribution >= 4 is 23.6 Å². The Balaban J connectivity index is 1.69. The summed E-state index contributed by atoms with van der Waals surface area (Å²) in [6, 6.07) is 11.1. The van der Waals surface area contributed by atoms with Gasteiger partial charge in [-0.2, -0.15) is 0 Å². The number of thioether (sulfide) groups is 1. The lowest BCUT2D eigenvalue weighted by molar-refractivity contribution is -0.136. The van der Waals surface area contributed by atoms with E-state index in [1.807, 2.05) is 12.1 Å². The third kappa shape index (κ3) is 7.28. The van der Waals surface area contributed by atoms with Gasteiger partial charge in [0.05, 0.1) is 5.56 Å². The monoisotopic (exact) mass is 442 g/mol. The van der Waals surface area contributed by atoms with Gasteiger partial charge in [0.2, 0.25) is 5.88 Å². The summed E-state index contributed by atoms with van der Waals surface area (Å²) in [5.74, 6) is 1.06. The van der Waals surface area contributed by atoms with E-state index in [-0.39, 0.29) is 18.4 Å². The van der Waals surface area contributed by atoms with Crippen LogP contribution < -0.4 is 10.1 Å². The number of nitrogens with zero attached hydrogens (tertiary/aromatic N) is 1. The number of pyridine rings is 1. The van der Waals surface area contributed by atoms with Crippen LogP contribution in [0.4, 0.5) is 0 Å². The Bertz CT molecular complexity index is 880. The molecule has 0 spiro atoms. The van der Waals surface area contributed by atoms with Crippen LogP contribution in [0.5, 0.6) is 11.6 Å². The van der Waals surface area contributed by atoms with Gasteiger partial charge in [0, 0.05) is 18.5 Å². The smallest absolute Gasteiger partial charge is 0.303 e. The van der Waals surface area contributed by atoms with Crippen LogP contribution in [0.2, 0.25) is 0 Å². The zero-order chi connectivity index (χ0) is 22.1. The van der Waals surface area contributed by atoms with Gasteiger partial charge in [0.15, 0.2) is 0 Å². The summed E-state index contributed by atoms with van der Waals surface area (Å²) in [5, 5.41) is 12.7. The third-order valence-corrected chi connectivity index (χ3v) is 6.43. The molecule has 6 nitrogen and oxygen atoms in total. The zero-order valence-corrected chi connectivity index (χ0v) is 18.7. The van der Waals surface area contributed by atoms with Crippen molar-refractivity contribution in [2.75, 3.05) is 5.75 Å². The van der Waals surface area contributed by atoms with Crippen molar-refractivity contribution in [1.29, 1.82) is 0 Å². The molecule has 0 bridgehead atoms. The molecule has 1 amide bonds. The van der Waals surface area contributed by atoms with Gasteiger partial charge in [-0.25, -0.2) is 4.98 Å². The fraction of sp³-hybridized carbons (Fsp3) is 0.458. The van der Waals surface area contributed by atoms with Crippen LogP contribution in [0.25, 0.3) is 0 Å². The van der Waals surface area contributed by atoms with Gasteiger partial charge in [-0.3, -0.25) is 9.59 Å². The molecule has 31 heavy (non-hydrogen) atoms. The van der Waals surface area contributed by atoms with Gasteiger partial charge in [-0.05, 0) is 55.2 Å². The third-order valence-electron chi connectivity index (χ3n) is 5.24. The molecule has 2 N–H and O–H groups in total. The van der Waals surface area contributed by atoms with Crippen LogP contribution in [0.15, 0.2) is 41.4 Å². The number of aliphatic carboxylic acids is 1. The summed E-state index contributed by atoms with van der Waals surface area (Å²) in [4.78, 5) is 28.2. The number of aryl methyl sites for hydroxylation is 1. The molecule has 0 saturated heterocycles. The Morgan fingerprint density at radius 2 is 1.87 bits per heavy atom. The molecule has 1 heterocycles. The highest BCUT2D eigenvalue weighted by atomic mass is 32.2. The highest BCUT2D eigenvalue weighted by Crippen LogP contribution is 2.28. The molecule has 1 aromatic heterocycles. The summed E-state index contributed by atoms with van der Waals surface area (Å²) in [6.45, 7) is 2.10. The molecule has 1 saturated carbocycles. The van der Waals surface area contributed by atoms with Gasteiger partial charge >= 0.3 is 5.97 Å². The van der Waals surface area contributed by atoms with Crippen LogP contribution >= 0.6 is 11.8 Å². The maximum Gasteiger partial charge on any atom is 0.303 e. The van der Waals surface area contributed by atoms with Crippen molar-refractivity contribution in [3.63, 3.8) is 0 Å². The van der Waals surface area contributed by atoms with Crippen LogP contribution in [0.3, 0.4) is 0 Å². The predicted molar refractivity (Wildman–Crippen MR) is 122 cm³/mol. The van der Waals surface area contributed by atoms with E-state index in [1.54, 1.807) is 36.0 Å². The first-order valence-corrected chi connectivity index (χ1v) is 12.0. The average molecular weight is 443 g/mol. The second-order valence-corrected chi connectivity index (χ2v) is 8.88. The van der Waals surface area contributed by atoms with Gasteiger partial charge < -0.3 is 15.2 Å². The Hall–Kier alpha value is -2.54. The molecule has 1 fully saturated rings. The molecule has 1 aromatic carbocycles. The molecule has 166 valence electrons. The first-order chi connectivity index (χ1) is 15.0. The van der Waals surface area contributed by atoms with Crippen molar-refractivity contribution < 1.29 is 19.4 Å². The summed E-state index contributed by atoms with van der Waals surface area (Å²) in [5.41, 5.74) is 1.54. The second kappa shape index (κ2) is 11.7. The van der Waals surface area contributed by atoms with Crippen LogP contribution in [-0.4, -0.2) is 33.8 Å². The summed E-state index contributed by atoms with van der Waals surface area (Å²) < 4.78 is 5.89. The van der Waals surface area contributed by atoms with E-state index >= 15 is 0 Å². The number of carbonyl (C=O) groups excluding carboxylic acids is 1. The quantitative estimate of drug-likeness (QED) is 0.475. The summed E-state index contributed by atoms with van der Waals surface area (Å²) in [7, 11) is 0. The maximum absolute atomic E-state index is 12.9. The lowest BCUT2D eigenvalue weighted by Crippen LogP contribution is -2.36. The zero-order valence-electron chi connectivity index (χ0n) is 17.9. The summed E-state index contributed by atoms with van der Waals surface area (Å²) >= 11 is 1.57. The van der Waals surface area contributed by atoms with E-state index in [0.29, 0.717) is 28.6 Å². The van der Waals surface area contributed by atoms with Gasteiger partial charge in [0.25, 0.3) is 5.91 Å². The number of aromatic nitrogens is 1. The molecule has 0 unspecified atom stereocenters. The van der Waals surface area contributed by atoms with E-state index < -0.39 is 5.97 Å². The number of hydrogen-bond donors (Lipinski definition) is 2. The SMILES string of the molecule is CCCSc1nc(Oc2ccc(CCC(=O)O)cc2)ccc1C(=O)NC1CCCCC1.